The lowest BCUT2D eigenvalue weighted by atomic mass is 9.82. The van der Waals surface area contributed by atoms with E-state index in [0.717, 1.165) is 69.1 Å². The molecule has 2 rings (SSSR count). The van der Waals surface area contributed by atoms with E-state index in [4.69, 9.17) is 5.73 Å². The second-order valence-electron chi connectivity index (χ2n) is 10.3. The monoisotopic (exact) mass is 446 g/mol. The summed E-state index contributed by atoms with van der Waals surface area (Å²) < 4.78 is 0. The highest BCUT2D eigenvalue weighted by molar-refractivity contribution is 5.82. The van der Waals surface area contributed by atoms with Crippen LogP contribution < -0.4 is 5.73 Å². The van der Waals surface area contributed by atoms with Crippen LogP contribution >= 0.6 is 0 Å². The normalized spacial score (nSPS) is 27.7. The van der Waals surface area contributed by atoms with Crippen LogP contribution in [0.15, 0.2) is 15.0 Å². The molecule has 2 N–H and O–H groups in total. The molecule has 0 aromatic heterocycles. The number of aliphatic imine (C=N–C) groups is 3. The highest BCUT2D eigenvalue weighted by atomic mass is 14.8. The third-order valence-electron chi connectivity index (χ3n) is 7.66. The number of hydrogen-bond acceptors (Lipinski definition) is 4. The lowest BCUT2D eigenvalue weighted by molar-refractivity contribution is 0.285. The van der Waals surface area contributed by atoms with E-state index < -0.39 is 0 Å². The largest absolute Gasteiger partial charge is 0.330 e. The van der Waals surface area contributed by atoms with E-state index in [2.05, 4.69) is 56.5 Å². The summed E-state index contributed by atoms with van der Waals surface area (Å²) in [5.74, 6) is 3.29. The molecule has 2 aliphatic rings. The van der Waals surface area contributed by atoms with Gasteiger partial charge in [0.1, 0.15) is 0 Å². The second kappa shape index (κ2) is 17.4. The molecule has 0 radical (unpaired) electrons. The first kappa shape index (κ1) is 29.0. The van der Waals surface area contributed by atoms with Crippen molar-refractivity contribution in [1.82, 2.24) is 0 Å². The maximum absolute atomic E-state index is 5.66. The van der Waals surface area contributed by atoms with Crippen LogP contribution in [0.4, 0.5) is 0 Å². The summed E-state index contributed by atoms with van der Waals surface area (Å²) in [6.45, 7) is 17.0. The minimum atomic E-state index is 0.794. The zero-order valence-corrected chi connectivity index (χ0v) is 22.3. The first-order chi connectivity index (χ1) is 15.4. The highest BCUT2D eigenvalue weighted by Crippen LogP contribution is 2.29. The molecule has 32 heavy (non-hydrogen) atoms. The summed E-state index contributed by atoms with van der Waals surface area (Å²) in [6, 6.07) is 0. The Hall–Kier alpha value is -1.03. The minimum absolute atomic E-state index is 0.794. The minimum Gasteiger partial charge on any atom is -0.330 e. The zero-order chi connectivity index (χ0) is 23.8. The van der Waals surface area contributed by atoms with E-state index in [1.807, 2.05) is 0 Å². The summed E-state index contributed by atoms with van der Waals surface area (Å²) in [5, 5.41) is 0. The third-order valence-corrected chi connectivity index (χ3v) is 7.66. The average molecular weight is 447 g/mol. The summed E-state index contributed by atoms with van der Waals surface area (Å²) in [6.07, 6.45) is 14.0. The lowest BCUT2D eigenvalue weighted by Gasteiger charge is -2.26. The Kier molecular flexibility index (Phi) is 15.8. The predicted octanol–water partition coefficient (Wildman–Crippen LogP) is 7.16. The summed E-state index contributed by atoms with van der Waals surface area (Å²) in [4.78, 5) is 13.9. The van der Waals surface area contributed by atoms with E-state index in [1.165, 1.54) is 68.5 Å². The molecule has 0 spiro atoms. The molecule has 4 heteroatoms. The van der Waals surface area contributed by atoms with Crippen LogP contribution in [0.1, 0.15) is 112 Å². The van der Waals surface area contributed by atoms with Crippen molar-refractivity contribution in [1.29, 1.82) is 0 Å². The van der Waals surface area contributed by atoms with Gasteiger partial charge in [-0.25, -0.2) is 0 Å². The predicted molar refractivity (Wildman–Crippen MR) is 145 cm³/mol. The molecule has 0 aromatic rings. The van der Waals surface area contributed by atoms with Crippen molar-refractivity contribution in [3.8, 4) is 0 Å². The SMILES string of the molecule is CCC(C)=NCC1CCC(CN)CC1.CCC(C)=NCC1CCC(CN=C(C)CC)CC1. The van der Waals surface area contributed by atoms with E-state index >= 15 is 0 Å². The molecule has 0 aromatic carbocycles. The van der Waals surface area contributed by atoms with Crippen LogP contribution in [0, 0.1) is 23.7 Å². The Bertz CT molecular complexity index is 532. The van der Waals surface area contributed by atoms with Crippen LogP contribution in [-0.4, -0.2) is 43.3 Å². The van der Waals surface area contributed by atoms with Gasteiger partial charge in [0.25, 0.3) is 0 Å². The Morgan fingerprint density at radius 2 is 0.781 bits per heavy atom. The first-order valence-corrected chi connectivity index (χ1v) is 13.6. The fourth-order valence-corrected chi connectivity index (χ4v) is 4.44. The van der Waals surface area contributed by atoms with Gasteiger partial charge < -0.3 is 5.73 Å². The van der Waals surface area contributed by atoms with Gasteiger partial charge in [0, 0.05) is 36.8 Å². The van der Waals surface area contributed by atoms with Crippen molar-refractivity contribution < 1.29 is 0 Å². The van der Waals surface area contributed by atoms with Gasteiger partial charge in [0.2, 0.25) is 0 Å². The molecule has 0 amide bonds. The smallest absolute Gasteiger partial charge is 0.0416 e. The van der Waals surface area contributed by atoms with Crippen molar-refractivity contribution in [2.45, 2.75) is 112 Å². The third kappa shape index (κ3) is 12.9. The van der Waals surface area contributed by atoms with Crippen LogP contribution in [-0.2, 0) is 0 Å². The van der Waals surface area contributed by atoms with E-state index in [1.54, 1.807) is 0 Å². The van der Waals surface area contributed by atoms with Crippen LogP contribution in [0.2, 0.25) is 0 Å². The zero-order valence-electron chi connectivity index (χ0n) is 22.3. The summed E-state index contributed by atoms with van der Waals surface area (Å²) in [7, 11) is 0. The molecule has 0 bridgehead atoms. The molecule has 0 unspecified atom stereocenters. The number of nitrogens with two attached hydrogens (primary N) is 1. The fourth-order valence-electron chi connectivity index (χ4n) is 4.44. The van der Waals surface area contributed by atoms with Crippen molar-refractivity contribution in [2.75, 3.05) is 26.2 Å². The first-order valence-electron chi connectivity index (χ1n) is 13.6. The molecule has 186 valence electrons. The van der Waals surface area contributed by atoms with Gasteiger partial charge >= 0.3 is 0 Å². The van der Waals surface area contributed by atoms with Crippen molar-refractivity contribution in [3.05, 3.63) is 0 Å². The molecule has 0 atom stereocenters. The topological polar surface area (TPSA) is 63.1 Å². The van der Waals surface area contributed by atoms with Crippen LogP contribution in [0.3, 0.4) is 0 Å². The Morgan fingerprint density at radius 3 is 1.00 bits per heavy atom. The number of hydrogen-bond donors (Lipinski definition) is 1. The fraction of sp³-hybridized carbons (Fsp3) is 0.893. The van der Waals surface area contributed by atoms with Gasteiger partial charge in [0.15, 0.2) is 0 Å². The maximum Gasteiger partial charge on any atom is 0.0416 e. The van der Waals surface area contributed by atoms with Crippen molar-refractivity contribution in [2.24, 2.45) is 44.4 Å². The molecule has 4 nitrogen and oxygen atoms in total. The quantitative estimate of drug-likeness (QED) is 0.356. The van der Waals surface area contributed by atoms with Crippen molar-refractivity contribution >= 4 is 17.1 Å². The molecule has 0 saturated heterocycles. The number of nitrogens with zero attached hydrogens (tertiary/aromatic N) is 3. The maximum atomic E-state index is 5.66. The number of rotatable bonds is 10. The average Bonchev–Trinajstić information content (AvgIpc) is 2.85. The van der Waals surface area contributed by atoms with Gasteiger partial charge in [-0.1, -0.05) is 20.8 Å². The van der Waals surface area contributed by atoms with Gasteiger partial charge in [0.05, 0.1) is 0 Å². The van der Waals surface area contributed by atoms with Gasteiger partial charge in [-0.15, -0.1) is 0 Å². The molecule has 2 saturated carbocycles. The molecular weight excluding hydrogens is 392 g/mol. The lowest BCUT2D eigenvalue weighted by Crippen LogP contribution is -2.22. The Labute approximate surface area is 200 Å². The molecular formula is C28H54N4. The Balaban J connectivity index is 0.000000330. The summed E-state index contributed by atoms with van der Waals surface area (Å²) in [5.41, 5.74) is 9.57. The van der Waals surface area contributed by atoms with E-state index in [0.29, 0.717) is 0 Å². The summed E-state index contributed by atoms with van der Waals surface area (Å²) >= 11 is 0. The van der Waals surface area contributed by atoms with Gasteiger partial charge in [-0.05, 0) is 122 Å². The van der Waals surface area contributed by atoms with Crippen LogP contribution in [0.5, 0.6) is 0 Å². The Morgan fingerprint density at radius 1 is 0.531 bits per heavy atom. The molecule has 2 aliphatic carbocycles. The van der Waals surface area contributed by atoms with Crippen molar-refractivity contribution in [3.63, 3.8) is 0 Å². The second-order valence-corrected chi connectivity index (χ2v) is 10.3. The van der Waals surface area contributed by atoms with Crippen LogP contribution in [0.25, 0.3) is 0 Å². The van der Waals surface area contributed by atoms with E-state index in [-0.39, 0.29) is 0 Å². The van der Waals surface area contributed by atoms with E-state index in [9.17, 15) is 0 Å². The standard InChI is InChI=1S/C16H30N2.C12H24N2/c1-5-13(3)17-11-15-7-9-16(10-8-15)12-18-14(4)6-2;1-3-10(2)14-9-12-6-4-11(8-13)5-7-12/h15-16H,5-12H2,1-4H3;11-12H,3-9,13H2,1-2H3. The molecule has 2 fully saturated rings. The van der Waals surface area contributed by atoms with Gasteiger partial charge in [-0.2, -0.15) is 0 Å². The van der Waals surface area contributed by atoms with Gasteiger partial charge in [-0.3, -0.25) is 15.0 Å². The molecule has 0 heterocycles. The molecule has 0 aliphatic heterocycles. The highest BCUT2D eigenvalue weighted by Gasteiger charge is 2.21.